The van der Waals surface area contributed by atoms with Gasteiger partial charge in [0.2, 0.25) is 0 Å². The fourth-order valence-corrected chi connectivity index (χ4v) is 1.83. The molecule has 0 amide bonds. The fraction of sp³-hybridized carbons (Fsp3) is 0.214. The molecule has 5 nitrogen and oxygen atoms in total. The Morgan fingerprint density at radius 3 is 3.00 bits per heavy atom. The van der Waals surface area contributed by atoms with Gasteiger partial charge in [0.05, 0.1) is 18.9 Å². The summed E-state index contributed by atoms with van der Waals surface area (Å²) in [5.41, 5.74) is 1.54. The third-order valence-corrected chi connectivity index (χ3v) is 2.78. The molecule has 0 radical (unpaired) electrons. The minimum atomic E-state index is -0.244. The topological polar surface area (TPSA) is 72.0 Å². The molecule has 98 valence electrons. The molecule has 0 atom stereocenters. The van der Waals surface area contributed by atoms with Crippen LogP contribution in [0.1, 0.15) is 21.5 Å². The molecule has 2 aromatic rings. The molecule has 2 rings (SSSR count). The normalized spacial score (nSPS) is 10.2. The zero-order chi connectivity index (χ0) is 13.8. The number of Topliss-reactive ketones (excluding diaryl/α,β-unsaturated/α-hetero) is 1. The lowest BCUT2D eigenvalue weighted by Crippen LogP contribution is -2.17. The summed E-state index contributed by atoms with van der Waals surface area (Å²) in [6, 6.07) is 3.30. The second kappa shape index (κ2) is 5.48. The van der Waals surface area contributed by atoms with Crippen molar-refractivity contribution in [3.8, 4) is 5.75 Å². The van der Waals surface area contributed by atoms with Crippen LogP contribution in [0.25, 0.3) is 0 Å². The first kappa shape index (κ1) is 13.0. The summed E-state index contributed by atoms with van der Waals surface area (Å²) < 4.78 is 5.09. The largest absolute Gasteiger partial charge is 0.494 e. The van der Waals surface area contributed by atoms with Gasteiger partial charge < -0.3 is 9.72 Å². The molecule has 0 unspecified atom stereocenters. The van der Waals surface area contributed by atoms with Gasteiger partial charge in [0, 0.05) is 24.4 Å². The fourth-order valence-electron chi connectivity index (χ4n) is 1.83. The van der Waals surface area contributed by atoms with Crippen molar-refractivity contribution in [3.63, 3.8) is 0 Å². The number of rotatable bonds is 4. The average Bonchev–Trinajstić information content (AvgIpc) is 2.42. The number of hydrogen-bond donors (Lipinski definition) is 1. The third kappa shape index (κ3) is 2.88. The van der Waals surface area contributed by atoms with Gasteiger partial charge in [0.25, 0.3) is 5.56 Å². The zero-order valence-electron chi connectivity index (χ0n) is 10.8. The van der Waals surface area contributed by atoms with Crippen molar-refractivity contribution in [2.75, 3.05) is 7.11 Å². The van der Waals surface area contributed by atoms with Gasteiger partial charge in [0.1, 0.15) is 5.75 Å². The number of aryl methyl sites for hydroxylation is 1. The van der Waals surface area contributed by atoms with E-state index in [9.17, 15) is 9.59 Å². The van der Waals surface area contributed by atoms with E-state index in [0.717, 1.165) is 5.56 Å². The molecule has 1 N–H and O–H groups in total. The van der Waals surface area contributed by atoms with Crippen LogP contribution in [-0.2, 0) is 6.42 Å². The van der Waals surface area contributed by atoms with Crippen LogP contribution in [-0.4, -0.2) is 22.9 Å². The zero-order valence-corrected chi connectivity index (χ0v) is 10.8. The molecule has 0 saturated heterocycles. The third-order valence-electron chi connectivity index (χ3n) is 2.78. The van der Waals surface area contributed by atoms with Crippen LogP contribution in [0.5, 0.6) is 5.75 Å². The van der Waals surface area contributed by atoms with Crippen molar-refractivity contribution >= 4 is 5.78 Å². The van der Waals surface area contributed by atoms with E-state index in [1.54, 1.807) is 18.3 Å². The minimum Gasteiger partial charge on any atom is -0.494 e. The van der Waals surface area contributed by atoms with Gasteiger partial charge in [-0.25, -0.2) is 0 Å². The SMILES string of the molecule is COc1cnccc1C(=O)Cc1cc(C)c[nH]c1=O. The van der Waals surface area contributed by atoms with Crippen LogP contribution < -0.4 is 10.3 Å². The Hall–Kier alpha value is -2.43. The Morgan fingerprint density at radius 2 is 2.26 bits per heavy atom. The van der Waals surface area contributed by atoms with Crippen molar-refractivity contribution in [2.45, 2.75) is 13.3 Å². The van der Waals surface area contributed by atoms with Crippen LogP contribution in [0.4, 0.5) is 0 Å². The Kier molecular flexibility index (Phi) is 3.75. The number of methoxy groups -OCH3 is 1. The van der Waals surface area contributed by atoms with Crippen molar-refractivity contribution in [2.24, 2.45) is 0 Å². The van der Waals surface area contributed by atoms with E-state index in [2.05, 4.69) is 9.97 Å². The average molecular weight is 258 g/mol. The highest BCUT2D eigenvalue weighted by Crippen LogP contribution is 2.17. The summed E-state index contributed by atoms with van der Waals surface area (Å²) in [4.78, 5) is 30.3. The number of ketones is 1. The first-order valence-electron chi connectivity index (χ1n) is 5.81. The van der Waals surface area contributed by atoms with Crippen LogP contribution in [0, 0.1) is 6.92 Å². The van der Waals surface area contributed by atoms with Crippen LogP contribution in [0.3, 0.4) is 0 Å². The number of hydrogen-bond acceptors (Lipinski definition) is 4. The Morgan fingerprint density at radius 1 is 1.47 bits per heavy atom. The highest BCUT2D eigenvalue weighted by Gasteiger charge is 2.14. The number of H-pyrrole nitrogens is 1. The van der Waals surface area contributed by atoms with Gasteiger partial charge in [-0.3, -0.25) is 14.6 Å². The number of ether oxygens (including phenoxy) is 1. The lowest BCUT2D eigenvalue weighted by atomic mass is 10.0. The molecule has 0 aromatic carbocycles. The first-order valence-corrected chi connectivity index (χ1v) is 5.81. The molecule has 2 heterocycles. The van der Waals surface area contributed by atoms with Crippen molar-refractivity contribution < 1.29 is 9.53 Å². The molecular weight excluding hydrogens is 244 g/mol. The lowest BCUT2D eigenvalue weighted by Gasteiger charge is -2.06. The monoisotopic (exact) mass is 258 g/mol. The number of pyridine rings is 2. The molecule has 0 aliphatic carbocycles. The quantitative estimate of drug-likeness (QED) is 0.844. The maximum Gasteiger partial charge on any atom is 0.251 e. The van der Waals surface area contributed by atoms with Crippen LogP contribution >= 0.6 is 0 Å². The van der Waals surface area contributed by atoms with Gasteiger partial charge in [-0.15, -0.1) is 0 Å². The molecule has 0 spiro atoms. The van der Waals surface area contributed by atoms with E-state index in [1.165, 1.54) is 19.5 Å². The number of carbonyl (C=O) groups excluding carboxylic acids is 1. The summed E-state index contributed by atoms with van der Waals surface area (Å²) >= 11 is 0. The van der Waals surface area contributed by atoms with E-state index >= 15 is 0 Å². The van der Waals surface area contributed by atoms with Gasteiger partial charge >= 0.3 is 0 Å². The molecule has 19 heavy (non-hydrogen) atoms. The first-order chi connectivity index (χ1) is 9.11. The van der Waals surface area contributed by atoms with Crippen LogP contribution in [0.15, 0.2) is 35.5 Å². The van der Waals surface area contributed by atoms with Crippen LogP contribution in [0.2, 0.25) is 0 Å². The summed E-state index contributed by atoms with van der Waals surface area (Å²) in [7, 11) is 1.48. The second-order valence-corrected chi connectivity index (χ2v) is 4.21. The maximum atomic E-state index is 12.2. The Labute approximate surface area is 110 Å². The van der Waals surface area contributed by atoms with E-state index in [0.29, 0.717) is 16.9 Å². The molecule has 2 aromatic heterocycles. The minimum absolute atomic E-state index is 0.0391. The molecule has 0 fully saturated rings. The van der Waals surface area contributed by atoms with Gasteiger partial charge in [-0.1, -0.05) is 0 Å². The predicted octanol–water partition coefficient (Wildman–Crippen LogP) is 1.51. The smallest absolute Gasteiger partial charge is 0.251 e. The van der Waals surface area contributed by atoms with Crippen molar-refractivity contribution in [1.29, 1.82) is 0 Å². The Balaban J connectivity index is 2.31. The van der Waals surface area contributed by atoms with E-state index in [-0.39, 0.29) is 17.8 Å². The summed E-state index contributed by atoms with van der Waals surface area (Å²) in [5.74, 6) is 0.243. The summed E-state index contributed by atoms with van der Waals surface area (Å²) in [6.45, 7) is 1.86. The summed E-state index contributed by atoms with van der Waals surface area (Å²) in [6.07, 6.45) is 4.66. The highest BCUT2D eigenvalue weighted by atomic mass is 16.5. The predicted molar refractivity (Wildman–Crippen MR) is 70.6 cm³/mol. The van der Waals surface area contributed by atoms with E-state index < -0.39 is 0 Å². The highest BCUT2D eigenvalue weighted by molar-refractivity contribution is 5.99. The number of nitrogens with zero attached hydrogens (tertiary/aromatic N) is 1. The van der Waals surface area contributed by atoms with Gasteiger partial charge in [0.15, 0.2) is 5.78 Å². The number of carbonyl (C=O) groups is 1. The molecule has 0 bridgehead atoms. The molecule has 5 heteroatoms. The van der Waals surface area contributed by atoms with Gasteiger partial charge in [-0.05, 0) is 24.6 Å². The maximum absolute atomic E-state index is 12.2. The molecule has 0 saturated carbocycles. The summed E-state index contributed by atoms with van der Waals surface area (Å²) in [5, 5.41) is 0. The number of aromatic amines is 1. The molecule has 0 aliphatic heterocycles. The van der Waals surface area contributed by atoms with Crippen molar-refractivity contribution in [1.82, 2.24) is 9.97 Å². The van der Waals surface area contributed by atoms with E-state index in [1.807, 2.05) is 6.92 Å². The Bertz CT molecular complexity index is 662. The van der Waals surface area contributed by atoms with Gasteiger partial charge in [-0.2, -0.15) is 0 Å². The number of aromatic nitrogens is 2. The van der Waals surface area contributed by atoms with E-state index in [4.69, 9.17) is 4.74 Å². The van der Waals surface area contributed by atoms with Crippen molar-refractivity contribution in [3.05, 3.63) is 57.8 Å². The molecular formula is C14H14N2O3. The standard InChI is InChI=1S/C14H14N2O3/c1-9-5-10(14(18)16-7-9)6-12(17)11-3-4-15-8-13(11)19-2/h3-5,7-8H,6H2,1-2H3,(H,16,18). The second-order valence-electron chi connectivity index (χ2n) is 4.21. The molecule has 0 aliphatic rings. The lowest BCUT2D eigenvalue weighted by molar-refractivity contribution is 0.0989. The number of nitrogens with one attached hydrogen (secondary N) is 1.